The molecule has 0 aromatic carbocycles. The second-order valence-corrected chi connectivity index (χ2v) is 4.61. The molecule has 0 atom stereocenters. The predicted molar refractivity (Wildman–Crippen MR) is 70.0 cm³/mol. The topological polar surface area (TPSA) is 77.0 Å². The number of nitrogens with zero attached hydrogens (tertiary/aromatic N) is 4. The third kappa shape index (κ3) is 2.42. The van der Waals surface area contributed by atoms with Gasteiger partial charge in [0.15, 0.2) is 0 Å². The minimum Gasteiger partial charge on any atom is -0.397 e. The number of carbonyl (C=O) groups excluding carboxylic acids is 1. The molecular weight excluding hydrogens is 242 g/mol. The first kappa shape index (κ1) is 11.7. The van der Waals surface area contributed by atoms with Crippen molar-refractivity contribution >= 4 is 11.6 Å². The Morgan fingerprint density at radius 3 is 3.00 bits per heavy atom. The highest BCUT2D eigenvalue weighted by Crippen LogP contribution is 2.12. The maximum Gasteiger partial charge on any atom is 0.229 e. The number of amides is 1. The molecular formula is C13H15N5O. The number of imidazole rings is 1. The standard InChI is InChI=1S/C13H15N5O/c14-10-1-2-11(16-8-10)7-13(19)18-6-5-17-4-3-15-12(17)9-18/h1-4,8H,5-7,9,14H2. The summed E-state index contributed by atoms with van der Waals surface area (Å²) in [7, 11) is 0. The molecule has 0 saturated heterocycles. The van der Waals surface area contributed by atoms with Gasteiger partial charge in [0, 0.05) is 31.2 Å². The van der Waals surface area contributed by atoms with Crippen LogP contribution >= 0.6 is 0 Å². The number of pyridine rings is 1. The first-order valence-corrected chi connectivity index (χ1v) is 6.20. The van der Waals surface area contributed by atoms with E-state index in [-0.39, 0.29) is 5.91 Å². The molecule has 6 nitrogen and oxygen atoms in total. The lowest BCUT2D eigenvalue weighted by molar-refractivity contribution is -0.132. The number of hydrogen-bond donors (Lipinski definition) is 1. The number of nitrogens with two attached hydrogens (primary N) is 1. The molecule has 0 aliphatic carbocycles. The van der Waals surface area contributed by atoms with Gasteiger partial charge >= 0.3 is 0 Å². The fourth-order valence-electron chi connectivity index (χ4n) is 2.19. The van der Waals surface area contributed by atoms with Crippen LogP contribution in [0, 0.1) is 0 Å². The largest absolute Gasteiger partial charge is 0.397 e. The van der Waals surface area contributed by atoms with Crippen molar-refractivity contribution in [1.29, 1.82) is 0 Å². The molecule has 0 spiro atoms. The van der Waals surface area contributed by atoms with Crippen LogP contribution in [-0.4, -0.2) is 31.9 Å². The van der Waals surface area contributed by atoms with Gasteiger partial charge < -0.3 is 15.2 Å². The second kappa shape index (κ2) is 4.72. The van der Waals surface area contributed by atoms with E-state index >= 15 is 0 Å². The lowest BCUT2D eigenvalue weighted by Crippen LogP contribution is -2.39. The van der Waals surface area contributed by atoms with E-state index in [0.717, 1.165) is 24.6 Å². The number of fused-ring (bicyclic) bond motifs is 1. The van der Waals surface area contributed by atoms with Gasteiger partial charge in [-0.15, -0.1) is 0 Å². The van der Waals surface area contributed by atoms with Crippen LogP contribution in [0.25, 0.3) is 0 Å². The van der Waals surface area contributed by atoms with Crippen LogP contribution in [0.4, 0.5) is 5.69 Å². The summed E-state index contributed by atoms with van der Waals surface area (Å²) in [5.74, 6) is 1.01. The van der Waals surface area contributed by atoms with Crippen molar-refractivity contribution in [3.05, 3.63) is 42.2 Å². The highest BCUT2D eigenvalue weighted by atomic mass is 16.2. The van der Waals surface area contributed by atoms with E-state index < -0.39 is 0 Å². The molecule has 1 aliphatic heterocycles. The molecule has 2 aromatic rings. The molecule has 6 heteroatoms. The van der Waals surface area contributed by atoms with Gasteiger partial charge in [-0.3, -0.25) is 9.78 Å². The zero-order chi connectivity index (χ0) is 13.2. The van der Waals surface area contributed by atoms with Crippen molar-refractivity contribution in [3.8, 4) is 0 Å². The van der Waals surface area contributed by atoms with Crippen molar-refractivity contribution in [2.75, 3.05) is 12.3 Å². The minimum atomic E-state index is 0.0755. The van der Waals surface area contributed by atoms with Crippen LogP contribution in [-0.2, 0) is 24.3 Å². The number of nitrogen functional groups attached to an aromatic ring is 1. The van der Waals surface area contributed by atoms with Crippen LogP contribution in [0.15, 0.2) is 30.7 Å². The molecule has 1 aliphatic rings. The van der Waals surface area contributed by atoms with E-state index in [1.54, 1.807) is 24.5 Å². The maximum absolute atomic E-state index is 12.2. The Balaban J connectivity index is 1.67. The van der Waals surface area contributed by atoms with Gasteiger partial charge in [0.1, 0.15) is 5.82 Å². The van der Waals surface area contributed by atoms with Gasteiger partial charge in [0.2, 0.25) is 5.91 Å². The van der Waals surface area contributed by atoms with E-state index in [0.29, 0.717) is 18.7 Å². The highest BCUT2D eigenvalue weighted by molar-refractivity contribution is 5.78. The summed E-state index contributed by atoms with van der Waals surface area (Å²) in [5.41, 5.74) is 6.92. The molecule has 0 bridgehead atoms. The third-order valence-corrected chi connectivity index (χ3v) is 3.28. The van der Waals surface area contributed by atoms with Crippen molar-refractivity contribution in [1.82, 2.24) is 19.4 Å². The summed E-state index contributed by atoms with van der Waals surface area (Å²) in [6, 6.07) is 3.55. The van der Waals surface area contributed by atoms with Gasteiger partial charge in [-0.2, -0.15) is 0 Å². The monoisotopic (exact) mass is 257 g/mol. The average Bonchev–Trinajstić information content (AvgIpc) is 2.88. The van der Waals surface area contributed by atoms with Gasteiger partial charge in [0.25, 0.3) is 0 Å². The number of hydrogen-bond acceptors (Lipinski definition) is 4. The van der Waals surface area contributed by atoms with E-state index in [9.17, 15) is 4.79 Å². The molecule has 0 radical (unpaired) electrons. The minimum absolute atomic E-state index is 0.0755. The molecule has 98 valence electrons. The van der Waals surface area contributed by atoms with E-state index in [4.69, 9.17) is 5.73 Å². The molecule has 3 heterocycles. The van der Waals surface area contributed by atoms with E-state index in [2.05, 4.69) is 14.5 Å². The Labute approximate surface area is 110 Å². The van der Waals surface area contributed by atoms with Crippen molar-refractivity contribution < 1.29 is 4.79 Å². The van der Waals surface area contributed by atoms with Crippen LogP contribution in [0.2, 0.25) is 0 Å². The first-order chi connectivity index (χ1) is 9.22. The second-order valence-electron chi connectivity index (χ2n) is 4.61. The molecule has 1 amide bonds. The van der Waals surface area contributed by atoms with Crippen molar-refractivity contribution in [2.45, 2.75) is 19.5 Å². The van der Waals surface area contributed by atoms with Gasteiger partial charge in [-0.1, -0.05) is 0 Å². The summed E-state index contributed by atoms with van der Waals surface area (Å²) in [6.45, 7) is 2.09. The normalized spacial score (nSPS) is 14.2. The van der Waals surface area contributed by atoms with E-state index in [1.165, 1.54) is 0 Å². The number of anilines is 1. The smallest absolute Gasteiger partial charge is 0.229 e. The fourth-order valence-corrected chi connectivity index (χ4v) is 2.19. The first-order valence-electron chi connectivity index (χ1n) is 6.20. The van der Waals surface area contributed by atoms with Crippen LogP contribution in [0.1, 0.15) is 11.5 Å². The number of carbonyl (C=O) groups is 1. The maximum atomic E-state index is 12.2. The summed E-state index contributed by atoms with van der Waals surface area (Å²) in [6.07, 6.45) is 5.59. The third-order valence-electron chi connectivity index (χ3n) is 3.28. The zero-order valence-electron chi connectivity index (χ0n) is 10.5. The zero-order valence-corrected chi connectivity index (χ0v) is 10.5. The highest BCUT2D eigenvalue weighted by Gasteiger charge is 2.21. The Bertz CT molecular complexity index is 589. The molecule has 2 N–H and O–H groups in total. The average molecular weight is 257 g/mol. The molecule has 3 rings (SSSR count). The Kier molecular flexibility index (Phi) is 2.91. The Morgan fingerprint density at radius 2 is 2.21 bits per heavy atom. The lowest BCUT2D eigenvalue weighted by Gasteiger charge is -2.27. The van der Waals surface area contributed by atoms with E-state index in [1.807, 2.05) is 11.1 Å². The van der Waals surface area contributed by atoms with Crippen molar-refractivity contribution in [3.63, 3.8) is 0 Å². The molecule has 2 aromatic heterocycles. The van der Waals surface area contributed by atoms with Gasteiger partial charge in [0.05, 0.1) is 24.8 Å². The Morgan fingerprint density at radius 1 is 1.32 bits per heavy atom. The molecule has 0 saturated carbocycles. The summed E-state index contributed by atoms with van der Waals surface area (Å²) in [4.78, 5) is 22.4. The quantitative estimate of drug-likeness (QED) is 0.847. The number of aromatic nitrogens is 3. The SMILES string of the molecule is Nc1ccc(CC(=O)N2CCn3ccnc3C2)nc1. The summed E-state index contributed by atoms with van der Waals surface area (Å²) >= 11 is 0. The summed E-state index contributed by atoms with van der Waals surface area (Å²) in [5, 5.41) is 0. The number of rotatable bonds is 2. The van der Waals surface area contributed by atoms with Gasteiger partial charge in [-0.25, -0.2) is 4.98 Å². The predicted octanol–water partition coefficient (Wildman–Crippen LogP) is 0.445. The van der Waals surface area contributed by atoms with Gasteiger partial charge in [-0.05, 0) is 12.1 Å². The fraction of sp³-hybridized carbons (Fsp3) is 0.308. The molecule has 19 heavy (non-hydrogen) atoms. The van der Waals surface area contributed by atoms with Crippen LogP contribution in [0.5, 0.6) is 0 Å². The summed E-state index contributed by atoms with van der Waals surface area (Å²) < 4.78 is 2.07. The Hall–Kier alpha value is -2.37. The molecule has 0 unspecified atom stereocenters. The lowest BCUT2D eigenvalue weighted by atomic mass is 10.2. The molecule has 0 fully saturated rings. The van der Waals surface area contributed by atoms with Crippen molar-refractivity contribution in [2.24, 2.45) is 0 Å². The van der Waals surface area contributed by atoms with Crippen LogP contribution in [0.3, 0.4) is 0 Å². The van der Waals surface area contributed by atoms with Crippen LogP contribution < -0.4 is 5.73 Å².